The number of halogens is 2. The summed E-state index contributed by atoms with van der Waals surface area (Å²) < 4.78 is 14.0. The van der Waals surface area contributed by atoms with Crippen molar-refractivity contribution in [1.29, 1.82) is 0 Å². The van der Waals surface area contributed by atoms with Gasteiger partial charge in [-0.15, -0.1) is 0 Å². The van der Waals surface area contributed by atoms with Gasteiger partial charge >= 0.3 is 0 Å². The molecule has 3 heteroatoms. The van der Waals surface area contributed by atoms with Gasteiger partial charge in [0.25, 0.3) is 0 Å². The monoisotopic (exact) mass is 243 g/mol. The quantitative estimate of drug-likeness (QED) is 0.789. The van der Waals surface area contributed by atoms with E-state index in [-0.39, 0.29) is 5.82 Å². The number of hydrogen-bond donors (Lipinski definition) is 0. The van der Waals surface area contributed by atoms with E-state index in [9.17, 15) is 4.39 Å². The highest BCUT2D eigenvalue weighted by Crippen LogP contribution is 2.18. The summed E-state index contributed by atoms with van der Waals surface area (Å²) in [6.07, 6.45) is 0. The Morgan fingerprint density at radius 3 is 2.69 bits per heavy atom. The second kappa shape index (κ2) is 4.42. The SMILES string of the molecule is C=C(Br)CN(C)c1ccccc1F. The van der Waals surface area contributed by atoms with Crippen LogP contribution in [0.1, 0.15) is 0 Å². The van der Waals surface area contributed by atoms with Crippen LogP contribution in [0.4, 0.5) is 10.1 Å². The molecule has 1 nitrogen and oxygen atoms in total. The predicted octanol–water partition coefficient (Wildman–Crippen LogP) is 3.17. The van der Waals surface area contributed by atoms with Crippen LogP contribution in [0, 0.1) is 5.82 Å². The number of rotatable bonds is 3. The van der Waals surface area contributed by atoms with Gasteiger partial charge in [-0.25, -0.2) is 4.39 Å². The molecule has 0 saturated carbocycles. The largest absolute Gasteiger partial charge is 0.367 e. The van der Waals surface area contributed by atoms with Crippen molar-refractivity contribution in [3.8, 4) is 0 Å². The summed E-state index contributed by atoms with van der Waals surface area (Å²) >= 11 is 3.24. The summed E-state index contributed by atoms with van der Waals surface area (Å²) in [5.74, 6) is -0.209. The molecule has 13 heavy (non-hydrogen) atoms. The Hall–Kier alpha value is -0.830. The lowest BCUT2D eigenvalue weighted by molar-refractivity contribution is 0.624. The Labute approximate surface area is 86.0 Å². The van der Waals surface area contributed by atoms with Crippen LogP contribution in [0.15, 0.2) is 35.3 Å². The van der Waals surface area contributed by atoms with Crippen LogP contribution in [0.25, 0.3) is 0 Å². The highest BCUT2D eigenvalue weighted by Gasteiger charge is 2.05. The molecule has 0 saturated heterocycles. The maximum atomic E-state index is 13.2. The van der Waals surface area contributed by atoms with Gasteiger partial charge in [0.2, 0.25) is 0 Å². The average Bonchev–Trinajstić information content (AvgIpc) is 2.03. The molecule has 0 radical (unpaired) electrons. The lowest BCUT2D eigenvalue weighted by Crippen LogP contribution is -2.19. The van der Waals surface area contributed by atoms with Gasteiger partial charge in [-0.2, -0.15) is 0 Å². The molecular weight excluding hydrogens is 233 g/mol. The molecule has 0 spiro atoms. The fourth-order valence-corrected chi connectivity index (χ4v) is 1.48. The highest BCUT2D eigenvalue weighted by molar-refractivity contribution is 9.11. The van der Waals surface area contributed by atoms with Crippen molar-refractivity contribution in [2.24, 2.45) is 0 Å². The van der Waals surface area contributed by atoms with Crippen molar-refractivity contribution >= 4 is 21.6 Å². The maximum Gasteiger partial charge on any atom is 0.146 e. The first-order chi connectivity index (χ1) is 6.11. The van der Waals surface area contributed by atoms with Crippen LogP contribution in [-0.4, -0.2) is 13.6 Å². The number of anilines is 1. The number of likely N-dealkylation sites (N-methyl/N-ethyl adjacent to an activating group) is 1. The summed E-state index contributed by atoms with van der Waals surface area (Å²) in [5, 5.41) is 0. The van der Waals surface area contributed by atoms with Crippen LogP contribution in [0.3, 0.4) is 0 Å². The van der Waals surface area contributed by atoms with E-state index in [2.05, 4.69) is 22.5 Å². The zero-order chi connectivity index (χ0) is 9.84. The predicted molar refractivity (Wildman–Crippen MR) is 57.7 cm³/mol. The normalized spacial score (nSPS) is 9.77. The van der Waals surface area contributed by atoms with Crippen molar-refractivity contribution in [2.75, 3.05) is 18.5 Å². The Kier molecular flexibility index (Phi) is 3.48. The Morgan fingerprint density at radius 1 is 1.54 bits per heavy atom. The molecule has 0 aliphatic rings. The smallest absolute Gasteiger partial charge is 0.146 e. The minimum absolute atomic E-state index is 0.209. The van der Waals surface area contributed by atoms with E-state index in [1.54, 1.807) is 17.0 Å². The Balaban J connectivity index is 2.82. The number of benzene rings is 1. The first-order valence-electron chi connectivity index (χ1n) is 3.90. The highest BCUT2D eigenvalue weighted by atomic mass is 79.9. The van der Waals surface area contributed by atoms with E-state index in [0.717, 1.165) is 4.48 Å². The van der Waals surface area contributed by atoms with Gasteiger partial charge in [-0.1, -0.05) is 34.6 Å². The van der Waals surface area contributed by atoms with Crippen molar-refractivity contribution in [3.05, 3.63) is 41.1 Å². The van der Waals surface area contributed by atoms with Crippen molar-refractivity contribution in [1.82, 2.24) is 0 Å². The molecule has 1 aromatic carbocycles. The van der Waals surface area contributed by atoms with Gasteiger partial charge in [-0.3, -0.25) is 0 Å². The van der Waals surface area contributed by atoms with Crippen LogP contribution in [0.2, 0.25) is 0 Å². The summed E-state index contributed by atoms with van der Waals surface area (Å²) in [7, 11) is 1.82. The summed E-state index contributed by atoms with van der Waals surface area (Å²) in [6, 6.07) is 6.68. The van der Waals surface area contributed by atoms with Gasteiger partial charge in [0.15, 0.2) is 0 Å². The molecule has 0 aliphatic carbocycles. The first kappa shape index (κ1) is 10.3. The van der Waals surface area contributed by atoms with E-state index in [4.69, 9.17) is 0 Å². The minimum atomic E-state index is -0.209. The third-order valence-corrected chi connectivity index (χ3v) is 1.92. The molecule has 1 rings (SSSR count). The molecule has 0 aliphatic heterocycles. The van der Waals surface area contributed by atoms with Gasteiger partial charge in [-0.05, 0) is 12.1 Å². The molecule has 0 bridgehead atoms. The van der Waals surface area contributed by atoms with Crippen LogP contribution < -0.4 is 4.90 Å². The van der Waals surface area contributed by atoms with Crippen LogP contribution in [-0.2, 0) is 0 Å². The molecule has 0 heterocycles. The van der Waals surface area contributed by atoms with Crippen molar-refractivity contribution in [3.63, 3.8) is 0 Å². The van der Waals surface area contributed by atoms with Gasteiger partial charge < -0.3 is 4.90 Å². The average molecular weight is 244 g/mol. The Bertz CT molecular complexity index is 312. The van der Waals surface area contributed by atoms with Gasteiger partial charge in [0, 0.05) is 18.1 Å². The van der Waals surface area contributed by atoms with Crippen molar-refractivity contribution < 1.29 is 4.39 Å². The second-order valence-electron chi connectivity index (χ2n) is 2.82. The zero-order valence-electron chi connectivity index (χ0n) is 7.43. The fourth-order valence-electron chi connectivity index (χ4n) is 1.10. The van der Waals surface area contributed by atoms with Crippen LogP contribution in [0.5, 0.6) is 0 Å². The van der Waals surface area contributed by atoms with E-state index in [0.29, 0.717) is 12.2 Å². The topological polar surface area (TPSA) is 3.24 Å². The minimum Gasteiger partial charge on any atom is -0.367 e. The first-order valence-corrected chi connectivity index (χ1v) is 4.69. The molecular formula is C10H11BrFN. The second-order valence-corrected chi connectivity index (χ2v) is 3.95. The lowest BCUT2D eigenvalue weighted by Gasteiger charge is -2.18. The standard InChI is InChI=1S/C10H11BrFN/c1-8(11)7-13(2)10-6-4-3-5-9(10)12/h3-6H,1,7H2,2H3. The van der Waals surface area contributed by atoms with E-state index in [1.165, 1.54) is 6.07 Å². The fraction of sp³-hybridized carbons (Fsp3) is 0.200. The molecule has 0 N–H and O–H groups in total. The van der Waals surface area contributed by atoms with E-state index < -0.39 is 0 Å². The third kappa shape index (κ3) is 2.84. The van der Waals surface area contributed by atoms with E-state index in [1.807, 2.05) is 13.1 Å². The van der Waals surface area contributed by atoms with Crippen LogP contribution >= 0.6 is 15.9 Å². The summed E-state index contributed by atoms with van der Waals surface area (Å²) in [5.41, 5.74) is 0.586. The molecule has 70 valence electrons. The molecule has 0 aromatic heterocycles. The van der Waals surface area contributed by atoms with Crippen molar-refractivity contribution in [2.45, 2.75) is 0 Å². The molecule has 1 aromatic rings. The van der Waals surface area contributed by atoms with Gasteiger partial charge in [0.05, 0.1) is 5.69 Å². The summed E-state index contributed by atoms with van der Waals surface area (Å²) in [6.45, 7) is 4.30. The summed E-state index contributed by atoms with van der Waals surface area (Å²) in [4.78, 5) is 1.80. The number of nitrogens with zero attached hydrogens (tertiary/aromatic N) is 1. The third-order valence-electron chi connectivity index (χ3n) is 1.67. The number of para-hydroxylation sites is 1. The lowest BCUT2D eigenvalue weighted by atomic mass is 10.3. The maximum absolute atomic E-state index is 13.2. The molecule has 0 fully saturated rings. The Morgan fingerprint density at radius 2 is 2.15 bits per heavy atom. The molecule has 0 atom stereocenters. The van der Waals surface area contributed by atoms with E-state index >= 15 is 0 Å². The zero-order valence-corrected chi connectivity index (χ0v) is 9.01. The molecule has 0 unspecified atom stereocenters. The number of hydrogen-bond acceptors (Lipinski definition) is 1. The molecule has 0 amide bonds. The van der Waals surface area contributed by atoms with Gasteiger partial charge in [0.1, 0.15) is 5.82 Å².